The van der Waals surface area contributed by atoms with E-state index in [9.17, 15) is 18.0 Å². The van der Waals surface area contributed by atoms with Gasteiger partial charge in [0.05, 0.1) is 13.2 Å². The van der Waals surface area contributed by atoms with Gasteiger partial charge in [0, 0.05) is 19.3 Å². The number of nitrogens with zero attached hydrogens (tertiary/aromatic N) is 3. The third-order valence-corrected chi connectivity index (χ3v) is 3.54. The van der Waals surface area contributed by atoms with Crippen molar-refractivity contribution in [3.8, 4) is 0 Å². The SMILES string of the molecule is Cc1ccc2nc(C(F)(F)F)c(C(=O)N3CCOCC3)n2c1. The molecule has 2 aromatic heterocycles. The minimum Gasteiger partial charge on any atom is -0.378 e. The smallest absolute Gasteiger partial charge is 0.378 e. The predicted octanol–water partition coefficient (Wildman–Crippen LogP) is 2.13. The van der Waals surface area contributed by atoms with Gasteiger partial charge in [0.2, 0.25) is 0 Å². The van der Waals surface area contributed by atoms with Crippen LogP contribution in [0.25, 0.3) is 5.65 Å². The summed E-state index contributed by atoms with van der Waals surface area (Å²) < 4.78 is 46.1. The number of carbonyl (C=O) groups is 1. The monoisotopic (exact) mass is 313 g/mol. The summed E-state index contributed by atoms with van der Waals surface area (Å²) >= 11 is 0. The van der Waals surface area contributed by atoms with Crippen LogP contribution in [0.1, 0.15) is 21.7 Å². The molecule has 2 aromatic rings. The van der Waals surface area contributed by atoms with Crippen molar-refractivity contribution in [3.05, 3.63) is 35.3 Å². The Balaban J connectivity index is 2.16. The minimum atomic E-state index is -4.68. The highest BCUT2D eigenvalue weighted by Crippen LogP contribution is 2.32. The summed E-state index contributed by atoms with van der Waals surface area (Å²) in [6.45, 7) is 2.94. The molecule has 8 heteroatoms. The van der Waals surface area contributed by atoms with E-state index in [4.69, 9.17) is 4.74 Å². The fourth-order valence-electron chi connectivity index (χ4n) is 2.47. The number of hydrogen-bond donors (Lipinski definition) is 0. The molecule has 0 spiro atoms. The quantitative estimate of drug-likeness (QED) is 0.810. The number of morpholine rings is 1. The molecule has 5 nitrogen and oxygen atoms in total. The topological polar surface area (TPSA) is 46.8 Å². The van der Waals surface area contributed by atoms with Gasteiger partial charge >= 0.3 is 6.18 Å². The highest BCUT2D eigenvalue weighted by Gasteiger charge is 2.41. The zero-order valence-electron chi connectivity index (χ0n) is 11.9. The Bertz CT molecular complexity index is 718. The van der Waals surface area contributed by atoms with E-state index in [1.165, 1.54) is 21.6 Å². The first-order valence-electron chi connectivity index (χ1n) is 6.81. The normalized spacial score (nSPS) is 16.3. The molecular weight excluding hydrogens is 299 g/mol. The summed E-state index contributed by atoms with van der Waals surface area (Å²) in [5.41, 5.74) is -0.730. The zero-order valence-corrected chi connectivity index (χ0v) is 11.9. The molecule has 0 aromatic carbocycles. The molecule has 1 aliphatic heterocycles. The third-order valence-electron chi connectivity index (χ3n) is 3.54. The summed E-state index contributed by atoms with van der Waals surface area (Å²) in [7, 11) is 0. The number of pyridine rings is 1. The van der Waals surface area contributed by atoms with Crippen LogP contribution in [0.15, 0.2) is 18.3 Å². The average molecular weight is 313 g/mol. The van der Waals surface area contributed by atoms with Gasteiger partial charge in [-0.3, -0.25) is 9.20 Å². The highest BCUT2D eigenvalue weighted by atomic mass is 19.4. The van der Waals surface area contributed by atoms with E-state index >= 15 is 0 Å². The summed E-state index contributed by atoms with van der Waals surface area (Å²) in [4.78, 5) is 17.5. The fraction of sp³-hybridized carbons (Fsp3) is 0.429. The number of ether oxygens (including phenoxy) is 1. The Kier molecular flexibility index (Phi) is 3.56. The van der Waals surface area contributed by atoms with Crippen molar-refractivity contribution in [2.75, 3.05) is 26.3 Å². The molecule has 22 heavy (non-hydrogen) atoms. The Morgan fingerprint density at radius 2 is 1.95 bits per heavy atom. The zero-order chi connectivity index (χ0) is 15.9. The maximum Gasteiger partial charge on any atom is 0.435 e. The third kappa shape index (κ3) is 2.54. The second-order valence-corrected chi connectivity index (χ2v) is 5.15. The van der Waals surface area contributed by atoms with Crippen LogP contribution < -0.4 is 0 Å². The highest BCUT2D eigenvalue weighted by molar-refractivity contribution is 5.95. The van der Waals surface area contributed by atoms with Gasteiger partial charge in [-0.15, -0.1) is 0 Å². The molecule has 1 fully saturated rings. The molecule has 1 saturated heterocycles. The summed E-state index contributed by atoms with van der Waals surface area (Å²) in [5.74, 6) is -0.672. The van der Waals surface area contributed by atoms with Crippen LogP contribution in [-0.4, -0.2) is 46.5 Å². The van der Waals surface area contributed by atoms with Crippen LogP contribution in [0.2, 0.25) is 0 Å². The molecule has 0 unspecified atom stereocenters. The van der Waals surface area contributed by atoms with Crippen molar-refractivity contribution in [3.63, 3.8) is 0 Å². The van der Waals surface area contributed by atoms with E-state index in [0.29, 0.717) is 13.2 Å². The van der Waals surface area contributed by atoms with Crippen molar-refractivity contribution < 1.29 is 22.7 Å². The first-order chi connectivity index (χ1) is 10.4. The van der Waals surface area contributed by atoms with Gasteiger partial charge in [0.15, 0.2) is 5.69 Å². The van der Waals surface area contributed by atoms with Crippen molar-refractivity contribution in [2.45, 2.75) is 13.1 Å². The van der Waals surface area contributed by atoms with E-state index in [1.54, 1.807) is 13.0 Å². The number of rotatable bonds is 1. The number of aryl methyl sites for hydroxylation is 1. The van der Waals surface area contributed by atoms with Crippen LogP contribution in [-0.2, 0) is 10.9 Å². The maximum atomic E-state index is 13.2. The van der Waals surface area contributed by atoms with E-state index in [0.717, 1.165) is 5.56 Å². The predicted molar refractivity (Wildman–Crippen MR) is 71.7 cm³/mol. The van der Waals surface area contributed by atoms with Crippen molar-refractivity contribution in [1.29, 1.82) is 0 Å². The molecule has 1 amide bonds. The van der Waals surface area contributed by atoms with Gasteiger partial charge in [0.25, 0.3) is 5.91 Å². The second kappa shape index (κ2) is 5.28. The van der Waals surface area contributed by atoms with E-state index < -0.39 is 23.5 Å². The number of aromatic nitrogens is 2. The van der Waals surface area contributed by atoms with Crippen molar-refractivity contribution >= 4 is 11.6 Å². The van der Waals surface area contributed by atoms with Gasteiger partial charge in [-0.1, -0.05) is 6.07 Å². The Labute approximate surface area is 124 Å². The van der Waals surface area contributed by atoms with Crippen LogP contribution in [0.5, 0.6) is 0 Å². The molecule has 0 bridgehead atoms. The average Bonchev–Trinajstić information content (AvgIpc) is 2.86. The minimum absolute atomic E-state index is 0.106. The standard InChI is InChI=1S/C14H14F3N3O2/c1-9-2-3-10-18-12(14(15,16)17)11(20(10)8-9)13(21)19-4-6-22-7-5-19/h2-3,8H,4-7H2,1H3. The van der Waals surface area contributed by atoms with Gasteiger partial charge in [-0.05, 0) is 18.6 Å². The molecule has 0 aliphatic carbocycles. The summed E-state index contributed by atoms with van der Waals surface area (Å²) in [6.07, 6.45) is -3.19. The first-order valence-corrected chi connectivity index (χ1v) is 6.81. The molecule has 118 valence electrons. The molecule has 0 atom stereocenters. The molecule has 1 aliphatic rings. The molecule has 3 heterocycles. The Hall–Kier alpha value is -2.09. The fourth-order valence-corrected chi connectivity index (χ4v) is 2.47. The van der Waals surface area contributed by atoms with E-state index in [1.807, 2.05) is 0 Å². The maximum absolute atomic E-state index is 13.2. The van der Waals surface area contributed by atoms with Crippen LogP contribution in [0, 0.1) is 6.92 Å². The van der Waals surface area contributed by atoms with Gasteiger partial charge in [-0.25, -0.2) is 4.98 Å². The van der Waals surface area contributed by atoms with Crippen molar-refractivity contribution in [2.24, 2.45) is 0 Å². The summed E-state index contributed by atoms with van der Waals surface area (Å²) in [5, 5.41) is 0. The largest absolute Gasteiger partial charge is 0.435 e. The molecule has 0 N–H and O–H groups in total. The lowest BCUT2D eigenvalue weighted by Crippen LogP contribution is -2.41. The lowest BCUT2D eigenvalue weighted by molar-refractivity contribution is -0.141. The van der Waals surface area contributed by atoms with Crippen molar-refractivity contribution in [1.82, 2.24) is 14.3 Å². The molecule has 3 rings (SSSR count). The van der Waals surface area contributed by atoms with Crippen LogP contribution in [0.4, 0.5) is 13.2 Å². The second-order valence-electron chi connectivity index (χ2n) is 5.15. The lowest BCUT2D eigenvalue weighted by Gasteiger charge is -2.27. The van der Waals surface area contributed by atoms with Gasteiger partial charge in [0.1, 0.15) is 11.3 Å². The van der Waals surface area contributed by atoms with Gasteiger partial charge < -0.3 is 9.64 Å². The number of alkyl halides is 3. The van der Waals surface area contributed by atoms with Crippen LogP contribution >= 0.6 is 0 Å². The number of fused-ring (bicyclic) bond motifs is 1. The number of carbonyl (C=O) groups excluding carboxylic acids is 1. The summed E-state index contributed by atoms with van der Waals surface area (Å²) in [6, 6.07) is 3.13. The number of hydrogen-bond acceptors (Lipinski definition) is 3. The first kappa shape index (κ1) is 14.8. The molecule has 0 saturated carbocycles. The van der Waals surface area contributed by atoms with Gasteiger partial charge in [-0.2, -0.15) is 13.2 Å². The Morgan fingerprint density at radius 1 is 1.27 bits per heavy atom. The number of halogens is 3. The van der Waals surface area contributed by atoms with E-state index in [2.05, 4.69) is 4.98 Å². The number of imidazole rings is 1. The molecule has 0 radical (unpaired) electrons. The number of amides is 1. The van der Waals surface area contributed by atoms with Crippen LogP contribution in [0.3, 0.4) is 0 Å². The Morgan fingerprint density at radius 3 is 2.59 bits per heavy atom. The molecular formula is C14H14F3N3O2. The van der Waals surface area contributed by atoms with E-state index in [-0.39, 0.29) is 18.7 Å². The lowest BCUT2D eigenvalue weighted by atomic mass is 10.2.